The van der Waals surface area contributed by atoms with Crippen LogP contribution >= 0.6 is 0 Å². The largest absolute Gasteiger partial charge is 0.366 e. The van der Waals surface area contributed by atoms with Gasteiger partial charge in [0.1, 0.15) is 11.6 Å². The van der Waals surface area contributed by atoms with E-state index < -0.39 is 5.41 Å². The molecule has 7 heteroatoms. The fourth-order valence-corrected chi connectivity index (χ4v) is 1.75. The summed E-state index contributed by atoms with van der Waals surface area (Å²) in [7, 11) is 5.78. The Labute approximate surface area is 107 Å². The number of nitrogens with one attached hydrogen (secondary N) is 2. The van der Waals surface area contributed by atoms with Crippen molar-refractivity contribution < 1.29 is 14.2 Å². The van der Waals surface area contributed by atoms with E-state index in [2.05, 4.69) is 10.6 Å². The standard InChI is InChI=1S/C10H27N3O3Si/c1-14-9(8-10(17,15-2)16-3)13-7-6-12-5-4-11/h9,12-13H,4-8,11H2,1-3,17H3. The lowest BCUT2D eigenvalue weighted by Crippen LogP contribution is -2.45. The van der Waals surface area contributed by atoms with Gasteiger partial charge in [0.2, 0.25) is 0 Å². The van der Waals surface area contributed by atoms with Crippen LogP contribution < -0.4 is 16.4 Å². The average Bonchev–Trinajstić information content (AvgIpc) is 2.37. The summed E-state index contributed by atoms with van der Waals surface area (Å²) < 4.78 is 16.1. The van der Waals surface area contributed by atoms with Gasteiger partial charge in [-0.3, -0.25) is 5.32 Å². The van der Waals surface area contributed by atoms with E-state index in [-0.39, 0.29) is 6.23 Å². The zero-order valence-corrected chi connectivity index (χ0v) is 13.4. The molecule has 0 amide bonds. The molecule has 0 spiro atoms. The first-order valence-corrected chi connectivity index (χ1v) is 6.89. The van der Waals surface area contributed by atoms with E-state index in [0.717, 1.165) is 29.9 Å². The third kappa shape index (κ3) is 7.82. The van der Waals surface area contributed by atoms with Crippen molar-refractivity contribution in [1.29, 1.82) is 0 Å². The summed E-state index contributed by atoms with van der Waals surface area (Å²) in [6.45, 7) is 3.18. The van der Waals surface area contributed by atoms with Crippen molar-refractivity contribution in [3.63, 3.8) is 0 Å². The van der Waals surface area contributed by atoms with Gasteiger partial charge in [-0.2, -0.15) is 0 Å². The van der Waals surface area contributed by atoms with Crippen molar-refractivity contribution in [2.75, 3.05) is 47.5 Å². The molecular weight excluding hydrogens is 238 g/mol. The molecule has 1 atom stereocenters. The third-order valence-electron chi connectivity index (χ3n) is 2.70. The molecule has 0 aliphatic heterocycles. The molecule has 6 nitrogen and oxygen atoms in total. The van der Waals surface area contributed by atoms with E-state index >= 15 is 0 Å². The van der Waals surface area contributed by atoms with Gasteiger partial charge in [-0.25, -0.2) is 0 Å². The number of methoxy groups -OCH3 is 3. The van der Waals surface area contributed by atoms with Gasteiger partial charge in [0.05, 0.1) is 10.2 Å². The van der Waals surface area contributed by atoms with Crippen molar-refractivity contribution in [1.82, 2.24) is 10.6 Å². The molecule has 0 heterocycles. The van der Waals surface area contributed by atoms with Crippen LogP contribution in [0.15, 0.2) is 0 Å². The fraction of sp³-hybridized carbons (Fsp3) is 1.00. The molecule has 0 aliphatic rings. The van der Waals surface area contributed by atoms with Crippen LogP contribution in [0.3, 0.4) is 0 Å². The molecule has 0 saturated heterocycles. The van der Waals surface area contributed by atoms with Gasteiger partial charge in [0, 0.05) is 53.9 Å². The summed E-state index contributed by atoms with van der Waals surface area (Å²) in [4.78, 5) is 0. The van der Waals surface area contributed by atoms with Crippen LogP contribution in [-0.4, -0.2) is 69.4 Å². The second-order valence-electron chi connectivity index (χ2n) is 3.96. The first-order chi connectivity index (χ1) is 8.11. The Kier molecular flexibility index (Phi) is 9.94. The van der Waals surface area contributed by atoms with Crippen LogP contribution in [0.1, 0.15) is 6.42 Å². The van der Waals surface area contributed by atoms with Crippen molar-refractivity contribution in [3.8, 4) is 0 Å². The predicted octanol–water partition coefficient (Wildman–Crippen LogP) is -2.20. The Hall–Kier alpha value is -0.0231. The van der Waals surface area contributed by atoms with Crippen molar-refractivity contribution in [3.05, 3.63) is 0 Å². The Morgan fingerprint density at radius 1 is 1.18 bits per heavy atom. The van der Waals surface area contributed by atoms with Crippen molar-refractivity contribution in [2.24, 2.45) is 5.73 Å². The number of hydrogen-bond donors (Lipinski definition) is 3. The molecule has 0 aliphatic carbocycles. The number of rotatable bonds is 11. The van der Waals surface area contributed by atoms with E-state index in [9.17, 15) is 0 Å². The number of nitrogens with two attached hydrogens (primary N) is 1. The monoisotopic (exact) mass is 265 g/mol. The zero-order valence-electron chi connectivity index (χ0n) is 11.4. The van der Waals surface area contributed by atoms with Crippen LogP contribution in [0.4, 0.5) is 0 Å². The summed E-state index contributed by atoms with van der Waals surface area (Å²) in [5.74, 6) is 0. The van der Waals surface area contributed by atoms with Crippen LogP contribution in [0.25, 0.3) is 0 Å². The van der Waals surface area contributed by atoms with Crippen LogP contribution in [0.5, 0.6) is 0 Å². The van der Waals surface area contributed by atoms with Gasteiger partial charge in [-0.1, -0.05) is 0 Å². The molecule has 0 rings (SSSR count). The molecule has 4 N–H and O–H groups in total. The van der Waals surface area contributed by atoms with Crippen molar-refractivity contribution in [2.45, 2.75) is 18.1 Å². The highest BCUT2D eigenvalue weighted by molar-refractivity contribution is 6.13. The molecule has 0 fully saturated rings. The van der Waals surface area contributed by atoms with E-state index in [1.165, 1.54) is 0 Å². The minimum atomic E-state index is -0.488. The second kappa shape index (κ2) is 9.95. The first kappa shape index (κ1) is 17.0. The van der Waals surface area contributed by atoms with Crippen LogP contribution in [0, 0.1) is 0 Å². The van der Waals surface area contributed by atoms with Crippen LogP contribution in [0.2, 0.25) is 0 Å². The number of hydrogen-bond acceptors (Lipinski definition) is 6. The highest BCUT2D eigenvalue weighted by Gasteiger charge is 2.26. The van der Waals surface area contributed by atoms with Gasteiger partial charge < -0.3 is 25.3 Å². The predicted molar refractivity (Wildman–Crippen MR) is 72.0 cm³/mol. The van der Waals surface area contributed by atoms with Gasteiger partial charge in [0.15, 0.2) is 0 Å². The van der Waals surface area contributed by atoms with E-state index in [4.69, 9.17) is 19.9 Å². The third-order valence-corrected chi connectivity index (χ3v) is 3.92. The highest BCUT2D eigenvalue weighted by Crippen LogP contribution is 2.14. The molecule has 0 bridgehead atoms. The molecule has 0 aromatic heterocycles. The molecule has 17 heavy (non-hydrogen) atoms. The van der Waals surface area contributed by atoms with Gasteiger partial charge in [0.25, 0.3) is 0 Å². The molecule has 0 saturated carbocycles. The molecule has 0 aromatic rings. The van der Waals surface area contributed by atoms with Crippen LogP contribution in [-0.2, 0) is 14.2 Å². The smallest absolute Gasteiger partial charge is 0.144 e. The Morgan fingerprint density at radius 2 is 1.82 bits per heavy atom. The summed E-state index contributed by atoms with van der Waals surface area (Å²) in [6.07, 6.45) is 0.617. The normalized spacial score (nSPS) is 14.1. The maximum absolute atomic E-state index is 5.38. The van der Waals surface area contributed by atoms with Gasteiger partial charge in [-0.15, -0.1) is 0 Å². The Balaban J connectivity index is 3.83. The summed E-state index contributed by atoms with van der Waals surface area (Å²) in [6, 6.07) is 0. The fourth-order valence-electron chi connectivity index (χ4n) is 1.37. The second-order valence-corrected chi connectivity index (χ2v) is 5.49. The van der Waals surface area contributed by atoms with E-state index in [1.807, 2.05) is 0 Å². The SMILES string of the molecule is COC(CC([SiH3])(OC)OC)NCCNCCN. The maximum atomic E-state index is 5.38. The highest BCUT2D eigenvalue weighted by atomic mass is 28.1. The van der Waals surface area contributed by atoms with Gasteiger partial charge >= 0.3 is 0 Å². The Bertz CT molecular complexity index is 182. The maximum Gasteiger partial charge on any atom is 0.144 e. The van der Waals surface area contributed by atoms with Crippen molar-refractivity contribution >= 4 is 10.2 Å². The minimum absolute atomic E-state index is 0.0629. The minimum Gasteiger partial charge on any atom is -0.366 e. The lowest BCUT2D eigenvalue weighted by Gasteiger charge is -2.30. The summed E-state index contributed by atoms with van der Waals surface area (Å²) >= 11 is 0. The van der Waals surface area contributed by atoms with Gasteiger partial charge in [-0.05, 0) is 0 Å². The topological polar surface area (TPSA) is 77.8 Å². The Morgan fingerprint density at radius 3 is 2.29 bits per heavy atom. The summed E-state index contributed by atoms with van der Waals surface area (Å²) in [5.41, 5.74) is 4.89. The molecule has 0 aromatic carbocycles. The lowest BCUT2D eigenvalue weighted by atomic mass is 10.3. The first-order valence-electron chi connectivity index (χ1n) is 5.89. The molecule has 0 radical (unpaired) electrons. The zero-order chi connectivity index (χ0) is 13.1. The number of ether oxygens (including phenoxy) is 3. The summed E-state index contributed by atoms with van der Waals surface area (Å²) in [5, 5.41) is 6.50. The molecule has 104 valence electrons. The molecule has 1 unspecified atom stereocenters. The average molecular weight is 265 g/mol. The van der Waals surface area contributed by atoms with E-state index in [0.29, 0.717) is 13.0 Å². The molecular formula is C10H27N3O3Si. The quantitative estimate of drug-likeness (QED) is 0.224. The van der Waals surface area contributed by atoms with E-state index in [1.54, 1.807) is 21.3 Å². The lowest BCUT2D eigenvalue weighted by molar-refractivity contribution is -0.165.